The molecule has 2 heterocycles. The molecule has 0 fully saturated rings. The first-order chi connectivity index (χ1) is 13.1. The van der Waals surface area contributed by atoms with E-state index < -0.39 is 0 Å². The SMILES string of the molecule is Cn1c(=O)c(-c2nn(-c3ccccc3)cc2/C=N/N)c(O)c2ccccc21. The zero-order valence-corrected chi connectivity index (χ0v) is 14.6. The Kier molecular flexibility index (Phi) is 3.97. The van der Waals surface area contributed by atoms with Crippen LogP contribution in [0.5, 0.6) is 5.75 Å². The summed E-state index contributed by atoms with van der Waals surface area (Å²) in [6.07, 6.45) is 3.13. The second-order valence-electron chi connectivity index (χ2n) is 6.10. The summed E-state index contributed by atoms with van der Waals surface area (Å²) >= 11 is 0. The van der Waals surface area contributed by atoms with Gasteiger partial charge in [-0.15, -0.1) is 0 Å². The highest BCUT2D eigenvalue weighted by molar-refractivity contribution is 5.96. The molecule has 27 heavy (non-hydrogen) atoms. The van der Waals surface area contributed by atoms with E-state index in [9.17, 15) is 9.90 Å². The first-order valence-electron chi connectivity index (χ1n) is 8.31. The molecule has 0 spiro atoms. The fourth-order valence-corrected chi connectivity index (χ4v) is 3.16. The maximum atomic E-state index is 13.0. The molecule has 0 bridgehead atoms. The molecule has 2 aromatic carbocycles. The highest BCUT2D eigenvalue weighted by atomic mass is 16.3. The molecular weight excluding hydrogens is 342 g/mol. The predicted molar refractivity (Wildman–Crippen MR) is 105 cm³/mol. The zero-order chi connectivity index (χ0) is 19.0. The number of pyridine rings is 1. The van der Waals surface area contributed by atoms with E-state index in [1.165, 1.54) is 10.8 Å². The van der Waals surface area contributed by atoms with Crippen molar-refractivity contribution in [2.75, 3.05) is 0 Å². The van der Waals surface area contributed by atoms with Crippen LogP contribution in [0, 0.1) is 0 Å². The molecule has 0 aliphatic carbocycles. The van der Waals surface area contributed by atoms with Gasteiger partial charge in [-0.25, -0.2) is 4.68 Å². The molecule has 0 saturated carbocycles. The number of para-hydroxylation sites is 2. The van der Waals surface area contributed by atoms with Gasteiger partial charge in [0.15, 0.2) is 0 Å². The van der Waals surface area contributed by atoms with Crippen LogP contribution in [0.25, 0.3) is 27.8 Å². The summed E-state index contributed by atoms with van der Waals surface area (Å²) in [7, 11) is 1.67. The van der Waals surface area contributed by atoms with E-state index in [0.29, 0.717) is 22.2 Å². The van der Waals surface area contributed by atoms with E-state index in [4.69, 9.17) is 5.84 Å². The maximum absolute atomic E-state index is 13.0. The van der Waals surface area contributed by atoms with Crippen molar-refractivity contribution >= 4 is 17.1 Å². The van der Waals surface area contributed by atoms with Crippen molar-refractivity contribution in [1.82, 2.24) is 14.3 Å². The Morgan fingerprint density at radius 1 is 1.11 bits per heavy atom. The normalized spacial score (nSPS) is 11.4. The quantitative estimate of drug-likeness (QED) is 0.333. The zero-order valence-electron chi connectivity index (χ0n) is 14.6. The lowest BCUT2D eigenvalue weighted by Gasteiger charge is -2.11. The lowest BCUT2D eigenvalue weighted by atomic mass is 10.1. The fraction of sp³-hybridized carbons (Fsp3) is 0.0500. The lowest BCUT2D eigenvalue weighted by molar-refractivity contribution is 0.481. The molecule has 4 rings (SSSR count). The maximum Gasteiger partial charge on any atom is 0.264 e. The van der Waals surface area contributed by atoms with Gasteiger partial charge < -0.3 is 15.5 Å². The lowest BCUT2D eigenvalue weighted by Crippen LogP contribution is -2.20. The van der Waals surface area contributed by atoms with Crippen LogP contribution in [0.3, 0.4) is 0 Å². The molecule has 0 aliphatic rings. The van der Waals surface area contributed by atoms with Gasteiger partial charge in [0.25, 0.3) is 5.56 Å². The Labute approximate surface area is 154 Å². The van der Waals surface area contributed by atoms with Crippen molar-refractivity contribution in [3.8, 4) is 22.7 Å². The average Bonchev–Trinajstić information content (AvgIpc) is 3.11. The molecule has 0 aliphatic heterocycles. The average molecular weight is 359 g/mol. The summed E-state index contributed by atoms with van der Waals surface area (Å²) in [4.78, 5) is 13.0. The topological polar surface area (TPSA) is 98.4 Å². The summed E-state index contributed by atoms with van der Waals surface area (Å²) in [6.45, 7) is 0. The van der Waals surface area contributed by atoms with Crippen molar-refractivity contribution in [3.05, 3.63) is 76.7 Å². The number of aromatic hydroxyl groups is 1. The number of nitrogens with zero attached hydrogens (tertiary/aromatic N) is 4. The number of fused-ring (bicyclic) bond motifs is 1. The van der Waals surface area contributed by atoms with Gasteiger partial charge in [-0.3, -0.25) is 4.79 Å². The van der Waals surface area contributed by atoms with Crippen molar-refractivity contribution in [3.63, 3.8) is 0 Å². The number of nitrogens with two attached hydrogens (primary N) is 1. The number of aryl methyl sites for hydroxylation is 1. The summed E-state index contributed by atoms with van der Waals surface area (Å²) in [6, 6.07) is 16.6. The third-order valence-corrected chi connectivity index (χ3v) is 4.49. The Balaban J connectivity index is 2.04. The fourth-order valence-electron chi connectivity index (χ4n) is 3.16. The molecule has 0 atom stereocenters. The van der Waals surface area contributed by atoms with Crippen LogP contribution >= 0.6 is 0 Å². The minimum absolute atomic E-state index is 0.112. The molecule has 7 heteroatoms. The third-order valence-electron chi connectivity index (χ3n) is 4.49. The molecule has 2 aromatic heterocycles. The van der Waals surface area contributed by atoms with Gasteiger partial charge in [0.2, 0.25) is 0 Å². The van der Waals surface area contributed by atoms with Crippen LogP contribution < -0.4 is 11.4 Å². The number of hydrogen-bond donors (Lipinski definition) is 2. The molecule has 0 unspecified atom stereocenters. The molecule has 0 saturated heterocycles. The number of benzene rings is 2. The van der Waals surface area contributed by atoms with Gasteiger partial charge in [-0.05, 0) is 24.3 Å². The van der Waals surface area contributed by atoms with Crippen LogP contribution in [-0.4, -0.2) is 25.7 Å². The molecular formula is C20H17N5O2. The van der Waals surface area contributed by atoms with Crippen LogP contribution in [0.2, 0.25) is 0 Å². The van der Waals surface area contributed by atoms with E-state index >= 15 is 0 Å². The molecule has 0 amide bonds. The van der Waals surface area contributed by atoms with Crippen molar-refractivity contribution in [2.45, 2.75) is 0 Å². The van der Waals surface area contributed by atoms with Gasteiger partial charge in [0.1, 0.15) is 17.0 Å². The number of hydrogen-bond acceptors (Lipinski definition) is 5. The highest BCUT2D eigenvalue weighted by Crippen LogP contribution is 2.33. The first-order valence-corrected chi connectivity index (χ1v) is 8.31. The summed E-state index contributed by atoms with van der Waals surface area (Å²) in [5.74, 6) is 5.23. The Hall–Kier alpha value is -3.87. The Morgan fingerprint density at radius 3 is 2.56 bits per heavy atom. The predicted octanol–water partition coefficient (Wildman–Crippen LogP) is 2.39. The highest BCUT2D eigenvalue weighted by Gasteiger charge is 2.21. The van der Waals surface area contributed by atoms with E-state index in [0.717, 1.165) is 5.69 Å². The van der Waals surface area contributed by atoms with Crippen molar-refractivity contribution < 1.29 is 5.11 Å². The van der Waals surface area contributed by atoms with Gasteiger partial charge in [0, 0.05) is 24.2 Å². The summed E-state index contributed by atoms with van der Waals surface area (Å²) in [5, 5.41) is 19.5. The molecule has 134 valence electrons. The monoisotopic (exact) mass is 359 g/mol. The Morgan fingerprint density at radius 2 is 1.81 bits per heavy atom. The first kappa shape index (κ1) is 16.6. The molecule has 0 radical (unpaired) electrons. The number of rotatable bonds is 3. The van der Waals surface area contributed by atoms with E-state index in [1.54, 1.807) is 36.1 Å². The Bertz CT molecular complexity index is 1220. The summed E-state index contributed by atoms with van der Waals surface area (Å²) < 4.78 is 3.12. The largest absolute Gasteiger partial charge is 0.506 e. The van der Waals surface area contributed by atoms with Crippen molar-refractivity contribution in [1.29, 1.82) is 0 Å². The van der Waals surface area contributed by atoms with Gasteiger partial charge >= 0.3 is 0 Å². The van der Waals surface area contributed by atoms with Crippen LogP contribution in [0.4, 0.5) is 0 Å². The van der Waals surface area contributed by atoms with Crippen LogP contribution in [-0.2, 0) is 7.05 Å². The standard InChI is InChI=1S/C20H17N5O2/c1-24-16-10-6-5-9-15(16)19(26)17(20(24)27)18-13(11-22-21)12-25(23-18)14-7-3-2-4-8-14/h2-12,26H,21H2,1H3/b22-11+. The van der Waals surface area contributed by atoms with Gasteiger partial charge in [-0.1, -0.05) is 30.3 Å². The molecule has 7 nitrogen and oxygen atoms in total. The van der Waals surface area contributed by atoms with Gasteiger partial charge in [-0.2, -0.15) is 10.2 Å². The van der Waals surface area contributed by atoms with Gasteiger partial charge in [0.05, 0.1) is 17.4 Å². The third kappa shape index (κ3) is 2.65. The second-order valence-corrected chi connectivity index (χ2v) is 6.10. The summed E-state index contributed by atoms with van der Waals surface area (Å²) in [5.41, 5.74) is 2.06. The number of aromatic nitrogens is 3. The smallest absolute Gasteiger partial charge is 0.264 e. The molecule has 3 N–H and O–H groups in total. The number of hydrazone groups is 1. The minimum Gasteiger partial charge on any atom is -0.506 e. The van der Waals surface area contributed by atoms with E-state index in [1.807, 2.05) is 36.4 Å². The van der Waals surface area contributed by atoms with Crippen molar-refractivity contribution in [2.24, 2.45) is 18.0 Å². The van der Waals surface area contributed by atoms with E-state index in [-0.39, 0.29) is 16.9 Å². The van der Waals surface area contributed by atoms with E-state index in [2.05, 4.69) is 10.2 Å². The molecule has 4 aromatic rings. The van der Waals surface area contributed by atoms with Crippen LogP contribution in [0.15, 0.2) is 70.7 Å². The second kappa shape index (κ2) is 6.45. The van der Waals surface area contributed by atoms with Crippen LogP contribution in [0.1, 0.15) is 5.56 Å². The minimum atomic E-state index is -0.351.